The van der Waals surface area contributed by atoms with Crippen molar-refractivity contribution in [3.8, 4) is 11.1 Å². The smallest absolute Gasteiger partial charge is 0.216 e. The highest BCUT2D eigenvalue weighted by atomic mass is 35.5. The van der Waals surface area contributed by atoms with Crippen LogP contribution in [0.25, 0.3) is 11.1 Å². The molecule has 0 amide bonds. The van der Waals surface area contributed by atoms with E-state index in [-0.39, 0.29) is 6.10 Å². The summed E-state index contributed by atoms with van der Waals surface area (Å²) in [5.41, 5.74) is 9.38. The van der Waals surface area contributed by atoms with Crippen LogP contribution < -0.4 is 5.73 Å². The van der Waals surface area contributed by atoms with Gasteiger partial charge in [-0.15, -0.1) is 0 Å². The van der Waals surface area contributed by atoms with Gasteiger partial charge in [-0.3, -0.25) is 0 Å². The van der Waals surface area contributed by atoms with Crippen LogP contribution in [0.15, 0.2) is 47.5 Å². The third-order valence-electron chi connectivity index (χ3n) is 3.24. The molecule has 0 spiro atoms. The number of nitrogens with two attached hydrogens (primary N) is 1. The Balaban J connectivity index is 2.01. The van der Waals surface area contributed by atoms with Crippen molar-refractivity contribution in [3.63, 3.8) is 0 Å². The predicted octanol–water partition coefficient (Wildman–Crippen LogP) is 3.75. The number of nitrogen functional groups attached to an aromatic ring is 1. The molecular formula is C16H15ClN2O. The third-order valence-corrected chi connectivity index (χ3v) is 3.57. The van der Waals surface area contributed by atoms with E-state index in [9.17, 15) is 0 Å². The van der Waals surface area contributed by atoms with Gasteiger partial charge in [-0.25, -0.2) is 4.99 Å². The van der Waals surface area contributed by atoms with Gasteiger partial charge in [0.25, 0.3) is 0 Å². The van der Waals surface area contributed by atoms with E-state index in [2.05, 4.69) is 4.99 Å². The normalized spacial score (nSPS) is 17.7. The van der Waals surface area contributed by atoms with E-state index in [1.54, 1.807) is 0 Å². The predicted molar refractivity (Wildman–Crippen MR) is 83.3 cm³/mol. The van der Waals surface area contributed by atoms with Crippen molar-refractivity contribution in [2.75, 3.05) is 12.3 Å². The van der Waals surface area contributed by atoms with Crippen LogP contribution >= 0.6 is 11.6 Å². The summed E-state index contributed by atoms with van der Waals surface area (Å²) in [5.74, 6) is 0.686. The van der Waals surface area contributed by atoms with E-state index >= 15 is 0 Å². The second-order valence-corrected chi connectivity index (χ2v) is 5.30. The van der Waals surface area contributed by atoms with Crippen LogP contribution in [-0.2, 0) is 4.74 Å². The van der Waals surface area contributed by atoms with Crippen LogP contribution in [0.1, 0.15) is 12.5 Å². The number of rotatable bonds is 2. The van der Waals surface area contributed by atoms with Gasteiger partial charge in [0, 0.05) is 21.8 Å². The molecule has 3 rings (SSSR count). The highest BCUT2D eigenvalue weighted by Crippen LogP contribution is 2.30. The van der Waals surface area contributed by atoms with Gasteiger partial charge in [-0.1, -0.05) is 23.7 Å². The van der Waals surface area contributed by atoms with Crippen molar-refractivity contribution in [2.24, 2.45) is 4.99 Å². The molecule has 0 aromatic heterocycles. The first kappa shape index (κ1) is 13.0. The summed E-state index contributed by atoms with van der Waals surface area (Å²) >= 11 is 6.29. The molecule has 2 N–H and O–H groups in total. The van der Waals surface area contributed by atoms with Crippen LogP contribution in [-0.4, -0.2) is 18.5 Å². The number of halogens is 1. The summed E-state index contributed by atoms with van der Waals surface area (Å²) in [6.07, 6.45) is 0.139. The largest absolute Gasteiger partial charge is 0.472 e. The molecule has 1 heterocycles. The fourth-order valence-electron chi connectivity index (χ4n) is 2.18. The van der Waals surface area contributed by atoms with E-state index in [4.69, 9.17) is 22.1 Å². The molecule has 0 saturated heterocycles. The summed E-state index contributed by atoms with van der Waals surface area (Å²) in [4.78, 5) is 4.40. The third kappa shape index (κ3) is 2.49. The molecule has 0 bridgehead atoms. The second kappa shape index (κ2) is 5.17. The number of anilines is 1. The van der Waals surface area contributed by atoms with Crippen molar-refractivity contribution in [1.29, 1.82) is 0 Å². The molecule has 0 fully saturated rings. The van der Waals surface area contributed by atoms with Gasteiger partial charge in [-0.2, -0.15) is 0 Å². The lowest BCUT2D eigenvalue weighted by Gasteiger charge is -2.10. The van der Waals surface area contributed by atoms with Gasteiger partial charge >= 0.3 is 0 Å². The first-order chi connectivity index (χ1) is 9.63. The van der Waals surface area contributed by atoms with Gasteiger partial charge < -0.3 is 10.5 Å². The lowest BCUT2D eigenvalue weighted by molar-refractivity contribution is 0.246. The molecule has 0 aliphatic carbocycles. The first-order valence-corrected chi connectivity index (χ1v) is 6.88. The Hall–Kier alpha value is -2.00. The van der Waals surface area contributed by atoms with Gasteiger partial charge in [-0.05, 0) is 42.8 Å². The Morgan fingerprint density at radius 1 is 1.15 bits per heavy atom. The molecule has 1 atom stereocenters. The average Bonchev–Trinajstić information content (AvgIpc) is 2.87. The van der Waals surface area contributed by atoms with E-state index in [0.717, 1.165) is 22.4 Å². The zero-order valence-corrected chi connectivity index (χ0v) is 11.9. The van der Waals surface area contributed by atoms with Crippen LogP contribution in [0, 0.1) is 0 Å². The summed E-state index contributed by atoms with van der Waals surface area (Å²) < 4.78 is 5.68. The minimum Gasteiger partial charge on any atom is -0.472 e. The minimum absolute atomic E-state index is 0.139. The minimum atomic E-state index is 0.139. The lowest BCUT2D eigenvalue weighted by Crippen LogP contribution is -2.08. The van der Waals surface area contributed by atoms with Crippen molar-refractivity contribution in [1.82, 2.24) is 0 Å². The van der Waals surface area contributed by atoms with Crippen molar-refractivity contribution in [3.05, 3.63) is 53.1 Å². The summed E-state index contributed by atoms with van der Waals surface area (Å²) in [6, 6.07) is 13.5. The van der Waals surface area contributed by atoms with Gasteiger partial charge in [0.1, 0.15) is 6.10 Å². The van der Waals surface area contributed by atoms with Gasteiger partial charge in [0.05, 0.1) is 6.54 Å². The number of nitrogens with zero attached hydrogens (tertiary/aromatic N) is 1. The summed E-state index contributed by atoms with van der Waals surface area (Å²) in [6.45, 7) is 2.71. The zero-order valence-electron chi connectivity index (χ0n) is 11.1. The Morgan fingerprint density at radius 3 is 2.50 bits per heavy atom. The molecule has 2 aromatic carbocycles. The van der Waals surface area contributed by atoms with Gasteiger partial charge in [0.2, 0.25) is 5.90 Å². The number of ether oxygens (including phenoxy) is 1. The number of aliphatic imine (C=N–C) groups is 1. The van der Waals surface area contributed by atoms with E-state index < -0.39 is 0 Å². The highest BCUT2D eigenvalue weighted by Gasteiger charge is 2.17. The molecular weight excluding hydrogens is 272 g/mol. The molecule has 0 saturated carbocycles. The number of hydrogen-bond acceptors (Lipinski definition) is 3. The standard InChI is InChI=1S/C16H15ClN2O/c1-10-9-19-16(20-10)12-4-7-15(17)14(8-12)11-2-5-13(18)6-3-11/h2-8,10H,9,18H2,1H3. The average molecular weight is 287 g/mol. The van der Waals surface area contributed by atoms with E-state index in [1.807, 2.05) is 49.4 Å². The zero-order chi connectivity index (χ0) is 14.1. The van der Waals surface area contributed by atoms with Crippen molar-refractivity contribution >= 4 is 23.2 Å². The first-order valence-electron chi connectivity index (χ1n) is 6.50. The monoisotopic (exact) mass is 286 g/mol. The van der Waals surface area contributed by atoms with Crippen LogP contribution in [0.2, 0.25) is 5.02 Å². The summed E-state index contributed by atoms with van der Waals surface area (Å²) in [5, 5.41) is 0.699. The fourth-order valence-corrected chi connectivity index (χ4v) is 2.40. The molecule has 2 aromatic rings. The van der Waals surface area contributed by atoms with E-state index in [1.165, 1.54) is 0 Å². The Kier molecular flexibility index (Phi) is 3.36. The van der Waals surface area contributed by atoms with Crippen LogP contribution in [0.5, 0.6) is 0 Å². The summed E-state index contributed by atoms with van der Waals surface area (Å²) in [7, 11) is 0. The molecule has 102 valence electrons. The second-order valence-electron chi connectivity index (χ2n) is 4.89. The van der Waals surface area contributed by atoms with Crippen LogP contribution in [0.3, 0.4) is 0 Å². The Labute approximate surface area is 123 Å². The fraction of sp³-hybridized carbons (Fsp3) is 0.188. The molecule has 1 aliphatic heterocycles. The van der Waals surface area contributed by atoms with E-state index in [0.29, 0.717) is 17.5 Å². The number of benzene rings is 2. The molecule has 1 unspecified atom stereocenters. The van der Waals surface area contributed by atoms with Crippen molar-refractivity contribution in [2.45, 2.75) is 13.0 Å². The quantitative estimate of drug-likeness (QED) is 0.855. The lowest BCUT2D eigenvalue weighted by atomic mass is 10.0. The van der Waals surface area contributed by atoms with Crippen LogP contribution in [0.4, 0.5) is 5.69 Å². The maximum atomic E-state index is 6.29. The Morgan fingerprint density at radius 2 is 1.85 bits per heavy atom. The SMILES string of the molecule is CC1CN=C(c2ccc(Cl)c(-c3ccc(N)cc3)c2)O1. The maximum absolute atomic E-state index is 6.29. The molecule has 4 heteroatoms. The molecule has 3 nitrogen and oxygen atoms in total. The highest BCUT2D eigenvalue weighted by molar-refractivity contribution is 6.33. The number of hydrogen-bond donors (Lipinski definition) is 1. The van der Waals surface area contributed by atoms with Crippen molar-refractivity contribution < 1.29 is 4.74 Å². The van der Waals surface area contributed by atoms with Gasteiger partial charge in [0.15, 0.2) is 0 Å². The topological polar surface area (TPSA) is 47.6 Å². The molecule has 20 heavy (non-hydrogen) atoms. The molecule has 0 radical (unpaired) electrons. The molecule has 1 aliphatic rings. The Bertz CT molecular complexity index is 665. The maximum Gasteiger partial charge on any atom is 0.216 e.